The fourth-order valence-corrected chi connectivity index (χ4v) is 3.74. The molecule has 0 bridgehead atoms. The fourth-order valence-electron chi connectivity index (χ4n) is 3.74. The summed E-state index contributed by atoms with van der Waals surface area (Å²) in [7, 11) is 1.63. The third kappa shape index (κ3) is 4.71. The van der Waals surface area contributed by atoms with Gasteiger partial charge >= 0.3 is 0 Å². The van der Waals surface area contributed by atoms with Crippen LogP contribution in [0.25, 0.3) is 0 Å². The summed E-state index contributed by atoms with van der Waals surface area (Å²) in [6.07, 6.45) is 0.375. The van der Waals surface area contributed by atoms with E-state index >= 15 is 0 Å². The number of hydrogen-bond acceptors (Lipinski definition) is 5. The lowest BCUT2D eigenvalue weighted by molar-refractivity contribution is -0.129. The minimum atomic E-state index is 0.121. The van der Waals surface area contributed by atoms with Gasteiger partial charge in [-0.15, -0.1) is 0 Å². The quantitative estimate of drug-likeness (QED) is 0.817. The van der Waals surface area contributed by atoms with Gasteiger partial charge in [-0.1, -0.05) is 12.1 Å². The molecule has 2 aliphatic rings. The molecule has 0 spiro atoms. The topological polar surface area (TPSA) is 62.2 Å². The van der Waals surface area contributed by atoms with Crippen molar-refractivity contribution in [2.45, 2.75) is 6.42 Å². The first kappa shape index (κ1) is 18.2. The molecular weight excluding hydrogens is 320 g/mol. The van der Waals surface area contributed by atoms with Gasteiger partial charge in [0.05, 0.1) is 26.7 Å². The summed E-state index contributed by atoms with van der Waals surface area (Å²) in [5.41, 5.74) is 0.960. The zero-order valence-electron chi connectivity index (χ0n) is 14.9. The Morgan fingerprint density at radius 3 is 2.76 bits per heavy atom. The van der Waals surface area contributed by atoms with E-state index in [4.69, 9.17) is 9.47 Å². The summed E-state index contributed by atoms with van der Waals surface area (Å²) in [4.78, 5) is 17.0. The molecule has 0 aromatic heterocycles. The van der Waals surface area contributed by atoms with E-state index in [1.54, 1.807) is 7.11 Å². The van der Waals surface area contributed by atoms with E-state index < -0.39 is 0 Å². The van der Waals surface area contributed by atoms with E-state index in [-0.39, 0.29) is 18.4 Å². The van der Waals surface area contributed by atoms with Crippen LogP contribution in [0, 0.1) is 11.8 Å². The predicted molar refractivity (Wildman–Crippen MR) is 94.6 cm³/mol. The van der Waals surface area contributed by atoms with Crippen LogP contribution in [-0.2, 0) is 16.0 Å². The van der Waals surface area contributed by atoms with Crippen molar-refractivity contribution in [3.63, 3.8) is 0 Å². The van der Waals surface area contributed by atoms with Gasteiger partial charge in [0.1, 0.15) is 5.75 Å². The maximum atomic E-state index is 12.7. The van der Waals surface area contributed by atoms with Gasteiger partial charge in [0.15, 0.2) is 0 Å². The molecule has 0 unspecified atom stereocenters. The first-order valence-corrected chi connectivity index (χ1v) is 9.01. The molecule has 2 atom stereocenters. The molecule has 6 heteroatoms. The van der Waals surface area contributed by atoms with E-state index in [1.807, 2.05) is 29.2 Å². The molecule has 1 amide bonds. The number of likely N-dealkylation sites (tertiary alicyclic amines) is 1. The number of hydrogen-bond donors (Lipinski definition) is 1. The van der Waals surface area contributed by atoms with Crippen LogP contribution in [0.5, 0.6) is 5.75 Å². The number of ether oxygens (including phenoxy) is 2. The van der Waals surface area contributed by atoms with Gasteiger partial charge in [-0.2, -0.15) is 0 Å². The number of methoxy groups -OCH3 is 1. The number of aliphatic hydroxyl groups excluding tert-OH is 1. The normalized spacial score (nSPS) is 24.5. The van der Waals surface area contributed by atoms with Gasteiger partial charge in [0.25, 0.3) is 0 Å². The van der Waals surface area contributed by atoms with Crippen LogP contribution in [0.4, 0.5) is 0 Å². The highest BCUT2D eigenvalue weighted by atomic mass is 16.5. The highest BCUT2D eigenvalue weighted by Gasteiger charge is 2.35. The van der Waals surface area contributed by atoms with E-state index in [2.05, 4.69) is 4.90 Å². The Bertz CT molecular complexity index is 574. The van der Waals surface area contributed by atoms with E-state index in [9.17, 15) is 9.90 Å². The van der Waals surface area contributed by atoms with Crippen molar-refractivity contribution in [2.24, 2.45) is 11.8 Å². The molecular formula is C19H28N2O4. The smallest absolute Gasteiger partial charge is 0.227 e. The Kier molecular flexibility index (Phi) is 6.29. The lowest BCUT2D eigenvalue weighted by Crippen LogP contribution is -2.41. The monoisotopic (exact) mass is 348 g/mol. The van der Waals surface area contributed by atoms with Gasteiger partial charge in [-0.3, -0.25) is 9.69 Å². The second-order valence-electron chi connectivity index (χ2n) is 6.94. The summed E-state index contributed by atoms with van der Waals surface area (Å²) in [6.45, 7) is 5.86. The molecule has 2 fully saturated rings. The molecule has 0 saturated carbocycles. The Morgan fingerprint density at radius 2 is 2.04 bits per heavy atom. The van der Waals surface area contributed by atoms with E-state index in [0.717, 1.165) is 50.7 Å². The first-order valence-electron chi connectivity index (χ1n) is 9.01. The third-order valence-electron chi connectivity index (χ3n) is 5.25. The molecule has 6 nitrogen and oxygen atoms in total. The molecule has 1 N–H and O–H groups in total. The summed E-state index contributed by atoms with van der Waals surface area (Å²) >= 11 is 0. The Labute approximate surface area is 149 Å². The zero-order chi connectivity index (χ0) is 17.6. The van der Waals surface area contributed by atoms with Crippen LogP contribution in [0.1, 0.15) is 5.56 Å². The summed E-state index contributed by atoms with van der Waals surface area (Å²) < 4.78 is 10.6. The first-order chi connectivity index (χ1) is 12.2. The SMILES string of the molecule is COc1cccc(CC(=O)N2C[C@@H](CN3CCOCC3)[C@@H](CO)C2)c1. The van der Waals surface area contributed by atoms with E-state index in [0.29, 0.717) is 18.9 Å². The molecule has 1 aromatic carbocycles. The maximum absolute atomic E-state index is 12.7. The Hall–Kier alpha value is -1.63. The van der Waals surface area contributed by atoms with Crippen molar-refractivity contribution in [2.75, 3.05) is 59.7 Å². The van der Waals surface area contributed by atoms with Crippen LogP contribution in [0.2, 0.25) is 0 Å². The molecule has 138 valence electrons. The molecule has 0 radical (unpaired) electrons. The van der Waals surface area contributed by atoms with Crippen LogP contribution < -0.4 is 4.74 Å². The number of nitrogens with zero attached hydrogens (tertiary/aromatic N) is 2. The molecule has 3 rings (SSSR count). The standard InChI is InChI=1S/C19H28N2O4/c1-24-18-4-2-3-15(9-18)10-19(23)21-12-16(17(13-21)14-22)11-20-5-7-25-8-6-20/h2-4,9,16-17,22H,5-8,10-14H2,1H3/t16-,17-/m1/s1. The molecule has 2 heterocycles. The van der Waals surface area contributed by atoms with Gasteiger partial charge in [0, 0.05) is 45.2 Å². The lowest BCUT2D eigenvalue weighted by atomic mass is 9.96. The van der Waals surface area contributed by atoms with Crippen LogP contribution >= 0.6 is 0 Å². The lowest BCUT2D eigenvalue weighted by Gasteiger charge is -2.30. The van der Waals surface area contributed by atoms with Crippen molar-refractivity contribution in [3.05, 3.63) is 29.8 Å². The van der Waals surface area contributed by atoms with Crippen LogP contribution in [-0.4, -0.2) is 80.5 Å². The summed E-state index contributed by atoms with van der Waals surface area (Å²) in [5, 5.41) is 9.73. The molecule has 0 aliphatic carbocycles. The Morgan fingerprint density at radius 1 is 1.28 bits per heavy atom. The minimum absolute atomic E-state index is 0.121. The largest absolute Gasteiger partial charge is 0.497 e. The van der Waals surface area contributed by atoms with Crippen molar-refractivity contribution in [1.82, 2.24) is 9.80 Å². The van der Waals surface area contributed by atoms with E-state index in [1.165, 1.54) is 0 Å². The Balaban J connectivity index is 1.57. The molecule has 1 aromatic rings. The third-order valence-corrected chi connectivity index (χ3v) is 5.25. The average molecular weight is 348 g/mol. The van der Waals surface area contributed by atoms with Gasteiger partial charge in [-0.25, -0.2) is 0 Å². The molecule has 2 saturated heterocycles. The number of benzene rings is 1. The van der Waals surface area contributed by atoms with Crippen molar-refractivity contribution in [1.29, 1.82) is 0 Å². The van der Waals surface area contributed by atoms with Crippen molar-refractivity contribution < 1.29 is 19.4 Å². The van der Waals surface area contributed by atoms with Crippen molar-refractivity contribution >= 4 is 5.91 Å². The second kappa shape index (κ2) is 8.65. The van der Waals surface area contributed by atoms with Gasteiger partial charge in [-0.05, 0) is 23.6 Å². The zero-order valence-corrected chi connectivity index (χ0v) is 14.9. The highest BCUT2D eigenvalue weighted by Crippen LogP contribution is 2.25. The number of aliphatic hydroxyl groups is 1. The second-order valence-corrected chi connectivity index (χ2v) is 6.94. The minimum Gasteiger partial charge on any atom is -0.497 e. The van der Waals surface area contributed by atoms with Gasteiger partial charge in [0.2, 0.25) is 5.91 Å². The molecule has 25 heavy (non-hydrogen) atoms. The summed E-state index contributed by atoms with van der Waals surface area (Å²) in [5.74, 6) is 1.38. The number of carbonyl (C=O) groups excluding carboxylic acids is 1. The highest BCUT2D eigenvalue weighted by molar-refractivity contribution is 5.79. The van der Waals surface area contributed by atoms with Crippen LogP contribution in [0.15, 0.2) is 24.3 Å². The number of rotatable bonds is 6. The number of amides is 1. The van der Waals surface area contributed by atoms with Crippen molar-refractivity contribution in [3.8, 4) is 5.75 Å². The van der Waals surface area contributed by atoms with Gasteiger partial charge < -0.3 is 19.5 Å². The predicted octanol–water partition coefficient (Wildman–Crippen LogP) is 0.637. The maximum Gasteiger partial charge on any atom is 0.227 e. The summed E-state index contributed by atoms with van der Waals surface area (Å²) in [6, 6.07) is 7.64. The number of carbonyl (C=O) groups is 1. The number of morpholine rings is 1. The fraction of sp³-hybridized carbons (Fsp3) is 0.632. The average Bonchev–Trinajstić information content (AvgIpc) is 3.06. The molecule has 2 aliphatic heterocycles. The van der Waals surface area contributed by atoms with Crippen LogP contribution in [0.3, 0.4) is 0 Å².